The third-order valence-electron chi connectivity index (χ3n) is 2.79. The van der Waals surface area contributed by atoms with Crippen LogP contribution in [-0.4, -0.2) is 39.2 Å². The lowest BCUT2D eigenvalue weighted by Crippen LogP contribution is -2.27. The molecule has 0 saturated heterocycles. The Kier molecular flexibility index (Phi) is 8.30. The van der Waals surface area contributed by atoms with Crippen LogP contribution in [0.5, 0.6) is 5.88 Å². The summed E-state index contributed by atoms with van der Waals surface area (Å²) in [6.07, 6.45) is 1.10. The summed E-state index contributed by atoms with van der Waals surface area (Å²) in [6.45, 7) is 6.20. The van der Waals surface area contributed by atoms with Crippen molar-refractivity contribution in [1.82, 2.24) is 20.3 Å². The van der Waals surface area contributed by atoms with Crippen molar-refractivity contribution in [3.8, 4) is 5.88 Å². The van der Waals surface area contributed by atoms with Crippen LogP contribution < -0.4 is 15.8 Å². The van der Waals surface area contributed by atoms with Crippen molar-refractivity contribution in [3.05, 3.63) is 48.2 Å². The average Bonchev–Trinajstić information content (AvgIpc) is 2.59. The molecule has 0 bridgehead atoms. The molecule has 28 heavy (non-hydrogen) atoms. The van der Waals surface area contributed by atoms with E-state index in [9.17, 15) is 18.0 Å². The first-order valence-electron chi connectivity index (χ1n) is 8.36. The van der Waals surface area contributed by atoms with Crippen LogP contribution in [0.4, 0.5) is 13.2 Å². The first-order chi connectivity index (χ1) is 12.8. The minimum absolute atomic E-state index is 0. The molecule has 154 valence electrons. The molecule has 0 radical (unpaired) electrons. The molecule has 0 fully saturated rings. The van der Waals surface area contributed by atoms with Crippen LogP contribution in [0.2, 0.25) is 0 Å². The van der Waals surface area contributed by atoms with Gasteiger partial charge in [-0.1, -0.05) is 6.07 Å². The zero-order chi connectivity index (χ0) is 21.4. The lowest BCUT2D eigenvalue weighted by atomic mass is 10.1. The zero-order valence-corrected chi connectivity index (χ0v) is 16.1. The molecular formula is C18H24F3N5O2. The fourth-order valence-corrected chi connectivity index (χ4v) is 1.66. The Morgan fingerprint density at radius 3 is 2.29 bits per heavy atom. The van der Waals surface area contributed by atoms with Crippen molar-refractivity contribution in [1.29, 1.82) is 0 Å². The molecule has 2 heterocycles. The fourth-order valence-electron chi connectivity index (χ4n) is 1.66. The lowest BCUT2D eigenvalue weighted by molar-refractivity contribution is -0.154. The minimum Gasteiger partial charge on any atom is -0.468 e. The third-order valence-corrected chi connectivity index (χ3v) is 2.79. The van der Waals surface area contributed by atoms with E-state index < -0.39 is 24.7 Å². The van der Waals surface area contributed by atoms with Crippen LogP contribution in [0, 0.1) is 0 Å². The standard InChI is InChI=1S/C14H13F3N4O2.C4H11N/c1-9(21-13(22)11-7-18-4-5-19-11)10-2-3-12(20-6-10)23-8-14(15,16)17;1-4(2,3)5/h2-7,9H,8H2,1H3,(H,21,22);5H2,1-3H3. The number of carbonyl (C=O) groups excluding carboxylic acids is 1. The van der Waals surface area contributed by atoms with Crippen molar-refractivity contribution in [3.63, 3.8) is 0 Å². The zero-order valence-electron chi connectivity index (χ0n) is 16.1. The van der Waals surface area contributed by atoms with Gasteiger partial charge in [0.1, 0.15) is 5.69 Å². The third kappa shape index (κ3) is 10.4. The largest absolute Gasteiger partial charge is 0.468 e. The summed E-state index contributed by atoms with van der Waals surface area (Å²) in [7, 11) is 0. The second kappa shape index (κ2) is 9.98. The molecule has 0 aliphatic rings. The maximum absolute atomic E-state index is 12.0. The Hall–Kier alpha value is -2.75. The van der Waals surface area contributed by atoms with E-state index >= 15 is 0 Å². The van der Waals surface area contributed by atoms with Crippen molar-refractivity contribution in [2.45, 2.75) is 45.5 Å². The molecule has 0 spiro atoms. The molecule has 3 N–H and O–H groups in total. The smallest absolute Gasteiger partial charge is 0.422 e. The number of pyridine rings is 1. The van der Waals surface area contributed by atoms with Gasteiger partial charge in [0.2, 0.25) is 5.88 Å². The van der Waals surface area contributed by atoms with Crippen molar-refractivity contribution < 1.29 is 22.7 Å². The first-order valence-corrected chi connectivity index (χ1v) is 8.36. The first kappa shape index (κ1) is 23.3. The second-order valence-corrected chi connectivity index (χ2v) is 6.99. The maximum Gasteiger partial charge on any atom is 0.422 e. The molecule has 0 aromatic carbocycles. The summed E-state index contributed by atoms with van der Waals surface area (Å²) >= 11 is 0. The van der Waals surface area contributed by atoms with Crippen LogP contribution >= 0.6 is 0 Å². The molecule has 2 aromatic heterocycles. The van der Waals surface area contributed by atoms with Crippen molar-refractivity contribution in [2.24, 2.45) is 5.73 Å². The number of amides is 1. The minimum atomic E-state index is -4.42. The highest BCUT2D eigenvalue weighted by Gasteiger charge is 2.28. The topological polar surface area (TPSA) is 103 Å². The van der Waals surface area contributed by atoms with E-state index in [1.165, 1.54) is 36.9 Å². The highest BCUT2D eigenvalue weighted by molar-refractivity contribution is 5.92. The molecule has 7 nitrogen and oxygen atoms in total. The summed E-state index contributed by atoms with van der Waals surface area (Å²) in [5, 5.41) is 2.69. The Morgan fingerprint density at radius 2 is 1.82 bits per heavy atom. The molecule has 0 saturated carbocycles. The number of halogens is 3. The normalized spacial score (nSPS) is 12.4. The quantitative estimate of drug-likeness (QED) is 0.801. The van der Waals surface area contributed by atoms with Crippen LogP contribution in [-0.2, 0) is 0 Å². The summed E-state index contributed by atoms with van der Waals surface area (Å²) < 4.78 is 40.6. The van der Waals surface area contributed by atoms with E-state index in [0.717, 1.165) is 0 Å². The van der Waals surface area contributed by atoms with E-state index in [2.05, 4.69) is 25.0 Å². The SMILES string of the molecule is CC(C)(C)N.CC(NC(=O)c1cnccn1)c1ccc(OCC(F)(F)F)nc1. The van der Waals surface area contributed by atoms with Gasteiger partial charge in [0, 0.05) is 30.2 Å². The molecular weight excluding hydrogens is 375 g/mol. The highest BCUT2D eigenvalue weighted by atomic mass is 19.4. The number of aromatic nitrogens is 3. The maximum atomic E-state index is 12.0. The van der Waals surface area contributed by atoms with Gasteiger partial charge in [0.25, 0.3) is 5.91 Å². The predicted molar refractivity (Wildman–Crippen MR) is 97.6 cm³/mol. The number of carbonyl (C=O) groups is 1. The number of hydrogen-bond donors (Lipinski definition) is 2. The molecule has 1 atom stereocenters. The number of hydrogen-bond acceptors (Lipinski definition) is 6. The number of rotatable bonds is 5. The summed E-state index contributed by atoms with van der Waals surface area (Å²) in [6, 6.07) is 2.43. The van der Waals surface area contributed by atoms with Crippen LogP contribution in [0.25, 0.3) is 0 Å². The Labute approximate surface area is 161 Å². The lowest BCUT2D eigenvalue weighted by Gasteiger charge is -2.14. The van der Waals surface area contributed by atoms with Gasteiger partial charge >= 0.3 is 6.18 Å². The molecule has 0 aliphatic carbocycles. The second-order valence-electron chi connectivity index (χ2n) is 6.99. The van der Waals surface area contributed by atoms with Crippen LogP contribution in [0.15, 0.2) is 36.9 Å². The number of ether oxygens (including phenoxy) is 1. The Bertz CT molecular complexity index is 726. The van der Waals surface area contributed by atoms with Crippen LogP contribution in [0.1, 0.15) is 49.8 Å². The van der Waals surface area contributed by atoms with Gasteiger partial charge in [0.05, 0.1) is 12.2 Å². The van der Waals surface area contributed by atoms with Gasteiger partial charge < -0.3 is 15.8 Å². The molecule has 1 amide bonds. The molecule has 1 unspecified atom stereocenters. The monoisotopic (exact) mass is 399 g/mol. The summed E-state index contributed by atoms with van der Waals surface area (Å²) in [5.41, 5.74) is 6.13. The number of nitrogens with two attached hydrogens (primary N) is 1. The Morgan fingerprint density at radius 1 is 1.18 bits per heavy atom. The summed E-state index contributed by atoms with van der Waals surface area (Å²) in [4.78, 5) is 23.4. The molecule has 2 aromatic rings. The van der Waals surface area contributed by atoms with Crippen molar-refractivity contribution in [2.75, 3.05) is 6.61 Å². The molecule has 10 heteroatoms. The average molecular weight is 399 g/mol. The van der Waals surface area contributed by atoms with Gasteiger partial charge in [-0.05, 0) is 33.3 Å². The number of nitrogens with zero attached hydrogens (tertiary/aromatic N) is 3. The van der Waals surface area contributed by atoms with Gasteiger partial charge in [-0.15, -0.1) is 0 Å². The van der Waals surface area contributed by atoms with Crippen LogP contribution in [0.3, 0.4) is 0 Å². The van der Waals surface area contributed by atoms with E-state index in [1.807, 2.05) is 20.8 Å². The van der Waals surface area contributed by atoms with Gasteiger partial charge in [-0.3, -0.25) is 9.78 Å². The predicted octanol–water partition coefficient (Wildman–Crippen LogP) is 3.05. The summed E-state index contributed by atoms with van der Waals surface area (Å²) in [5.74, 6) is -0.554. The van der Waals surface area contributed by atoms with E-state index in [1.54, 1.807) is 6.92 Å². The number of nitrogens with one attached hydrogen (secondary N) is 1. The van der Waals surface area contributed by atoms with E-state index in [4.69, 9.17) is 5.73 Å². The molecule has 0 aliphatic heterocycles. The number of alkyl halides is 3. The Balaban J connectivity index is 0.000000696. The van der Waals surface area contributed by atoms with Gasteiger partial charge in [0.15, 0.2) is 6.61 Å². The van der Waals surface area contributed by atoms with Crippen molar-refractivity contribution >= 4 is 5.91 Å². The van der Waals surface area contributed by atoms with Gasteiger partial charge in [-0.25, -0.2) is 9.97 Å². The fraction of sp³-hybridized carbons (Fsp3) is 0.444. The highest BCUT2D eigenvalue weighted by Crippen LogP contribution is 2.19. The van der Waals surface area contributed by atoms with E-state index in [-0.39, 0.29) is 17.1 Å². The molecule has 2 rings (SSSR count). The van der Waals surface area contributed by atoms with Gasteiger partial charge in [-0.2, -0.15) is 13.2 Å². The van der Waals surface area contributed by atoms with E-state index in [0.29, 0.717) is 5.56 Å².